The van der Waals surface area contributed by atoms with Gasteiger partial charge in [0.15, 0.2) is 5.82 Å². The molecule has 2 aromatic heterocycles. The lowest BCUT2D eigenvalue weighted by molar-refractivity contribution is 0.447. The van der Waals surface area contributed by atoms with E-state index in [1.54, 1.807) is 13.0 Å². The van der Waals surface area contributed by atoms with E-state index in [0.717, 1.165) is 11.4 Å². The van der Waals surface area contributed by atoms with E-state index in [4.69, 9.17) is 4.42 Å². The molecule has 0 bridgehead atoms. The zero-order valence-electron chi connectivity index (χ0n) is 11.0. The van der Waals surface area contributed by atoms with Crippen LogP contribution in [0.5, 0.6) is 0 Å². The van der Waals surface area contributed by atoms with Crippen LogP contribution in [0.1, 0.15) is 18.3 Å². The first kappa shape index (κ1) is 13.7. The van der Waals surface area contributed by atoms with Crippen LogP contribution < -0.4 is 4.72 Å². The first-order valence-corrected chi connectivity index (χ1v) is 7.32. The molecule has 19 heavy (non-hydrogen) atoms. The van der Waals surface area contributed by atoms with Crippen LogP contribution in [0.25, 0.3) is 11.4 Å². The molecule has 0 atom stereocenters. The minimum Gasteiger partial charge on any atom is -0.451 e. The van der Waals surface area contributed by atoms with Crippen molar-refractivity contribution in [2.75, 3.05) is 6.54 Å². The zero-order valence-corrected chi connectivity index (χ0v) is 11.8. The van der Waals surface area contributed by atoms with Crippen LogP contribution >= 0.6 is 0 Å². The van der Waals surface area contributed by atoms with Gasteiger partial charge in [0.05, 0.1) is 11.8 Å². The molecule has 1 N–H and O–H groups in total. The third kappa shape index (κ3) is 2.82. The van der Waals surface area contributed by atoms with Gasteiger partial charge in [-0.2, -0.15) is 0 Å². The molecule has 6 nitrogen and oxygen atoms in total. The maximum Gasteiger partial charge on any atom is 0.274 e. The summed E-state index contributed by atoms with van der Waals surface area (Å²) in [7, 11) is -3.67. The Hall–Kier alpha value is -1.73. The average Bonchev–Trinajstić information content (AvgIpc) is 2.76. The van der Waals surface area contributed by atoms with E-state index < -0.39 is 10.0 Å². The molecule has 0 aliphatic heterocycles. The smallest absolute Gasteiger partial charge is 0.274 e. The summed E-state index contributed by atoms with van der Waals surface area (Å²) >= 11 is 0. The van der Waals surface area contributed by atoms with Gasteiger partial charge in [-0.25, -0.2) is 23.1 Å². The van der Waals surface area contributed by atoms with E-state index in [1.165, 1.54) is 6.26 Å². The Bertz CT molecular complexity index is 672. The highest BCUT2D eigenvalue weighted by atomic mass is 32.2. The summed E-state index contributed by atoms with van der Waals surface area (Å²) in [6.45, 7) is 5.65. The normalized spacial score (nSPS) is 11.7. The Morgan fingerprint density at radius 1 is 1.26 bits per heavy atom. The second kappa shape index (κ2) is 5.10. The molecule has 2 aromatic rings. The summed E-state index contributed by atoms with van der Waals surface area (Å²) < 4.78 is 31.5. The fourth-order valence-electron chi connectivity index (χ4n) is 1.77. The molecule has 0 radical (unpaired) electrons. The molecule has 2 heterocycles. The van der Waals surface area contributed by atoms with Crippen molar-refractivity contribution in [2.45, 2.75) is 25.9 Å². The van der Waals surface area contributed by atoms with Gasteiger partial charge in [0.25, 0.3) is 10.0 Å². The maximum absolute atomic E-state index is 12.0. The van der Waals surface area contributed by atoms with Gasteiger partial charge in [-0.15, -0.1) is 0 Å². The molecule has 7 heteroatoms. The van der Waals surface area contributed by atoms with Gasteiger partial charge in [0, 0.05) is 17.9 Å². The maximum atomic E-state index is 12.0. The standard InChI is InChI=1S/C12H15N3O3S/c1-4-13-19(16,17)12-10(5-6-18-12)11-14-8(2)7-9(3)15-11/h5-7,13H,4H2,1-3H3. The van der Waals surface area contributed by atoms with E-state index in [9.17, 15) is 8.42 Å². The number of hydrogen-bond acceptors (Lipinski definition) is 5. The largest absolute Gasteiger partial charge is 0.451 e. The first-order valence-electron chi connectivity index (χ1n) is 5.84. The second-order valence-corrected chi connectivity index (χ2v) is 5.76. The predicted octanol–water partition coefficient (Wildman–Crippen LogP) is 1.65. The number of furan rings is 1. The molecule has 0 aliphatic carbocycles. The van der Waals surface area contributed by atoms with E-state index in [1.807, 2.05) is 19.9 Å². The Morgan fingerprint density at radius 2 is 1.89 bits per heavy atom. The SMILES string of the molecule is CCNS(=O)(=O)c1occc1-c1nc(C)cc(C)n1. The molecule has 0 spiro atoms. The van der Waals surface area contributed by atoms with E-state index in [2.05, 4.69) is 14.7 Å². The Balaban J connectivity index is 2.56. The van der Waals surface area contributed by atoms with Crippen molar-refractivity contribution < 1.29 is 12.8 Å². The van der Waals surface area contributed by atoms with E-state index in [0.29, 0.717) is 11.4 Å². The lowest BCUT2D eigenvalue weighted by atomic mass is 10.3. The highest BCUT2D eigenvalue weighted by molar-refractivity contribution is 7.89. The molecule has 0 saturated carbocycles. The number of nitrogens with one attached hydrogen (secondary N) is 1. The number of hydrogen-bond donors (Lipinski definition) is 1. The Kier molecular flexibility index (Phi) is 3.68. The van der Waals surface area contributed by atoms with Gasteiger partial charge in [-0.1, -0.05) is 6.92 Å². The number of sulfonamides is 1. The number of aromatic nitrogens is 2. The fourth-order valence-corrected chi connectivity index (χ4v) is 2.91. The summed E-state index contributed by atoms with van der Waals surface area (Å²) in [4.78, 5) is 8.49. The van der Waals surface area contributed by atoms with Gasteiger partial charge in [0.1, 0.15) is 0 Å². The average molecular weight is 281 g/mol. The minimum atomic E-state index is -3.67. The minimum absolute atomic E-state index is 0.153. The molecule has 0 unspecified atom stereocenters. The number of rotatable bonds is 4. The summed E-state index contributed by atoms with van der Waals surface area (Å²) in [6.07, 6.45) is 1.32. The summed E-state index contributed by atoms with van der Waals surface area (Å²) in [6, 6.07) is 3.38. The van der Waals surface area contributed by atoms with Crippen molar-refractivity contribution in [1.82, 2.24) is 14.7 Å². The first-order chi connectivity index (χ1) is 8.94. The summed E-state index contributed by atoms with van der Waals surface area (Å²) in [5.41, 5.74) is 1.92. The van der Waals surface area contributed by atoms with Crippen molar-refractivity contribution in [3.05, 3.63) is 29.8 Å². The molecule has 0 saturated heterocycles. The zero-order chi connectivity index (χ0) is 14.0. The Morgan fingerprint density at radius 3 is 2.47 bits per heavy atom. The molecule has 0 amide bonds. The van der Waals surface area contributed by atoms with Crippen LogP contribution in [-0.4, -0.2) is 24.9 Å². The molecular formula is C12H15N3O3S. The van der Waals surface area contributed by atoms with Crippen molar-refractivity contribution >= 4 is 10.0 Å². The van der Waals surface area contributed by atoms with Crippen LogP contribution in [0.15, 0.2) is 27.9 Å². The van der Waals surface area contributed by atoms with Crippen molar-refractivity contribution in [1.29, 1.82) is 0 Å². The molecular weight excluding hydrogens is 266 g/mol. The third-order valence-electron chi connectivity index (χ3n) is 2.43. The van der Waals surface area contributed by atoms with Gasteiger partial charge >= 0.3 is 0 Å². The highest BCUT2D eigenvalue weighted by Gasteiger charge is 2.24. The van der Waals surface area contributed by atoms with E-state index in [-0.39, 0.29) is 11.6 Å². The Labute approximate surface area is 111 Å². The third-order valence-corrected chi connectivity index (χ3v) is 3.90. The van der Waals surface area contributed by atoms with Gasteiger partial charge in [-0.05, 0) is 26.0 Å². The predicted molar refractivity (Wildman–Crippen MR) is 70.1 cm³/mol. The molecule has 2 rings (SSSR count). The fraction of sp³-hybridized carbons (Fsp3) is 0.333. The van der Waals surface area contributed by atoms with Gasteiger partial charge < -0.3 is 4.42 Å². The molecule has 102 valence electrons. The van der Waals surface area contributed by atoms with Crippen molar-refractivity contribution in [2.24, 2.45) is 0 Å². The molecule has 0 aromatic carbocycles. The molecule has 0 fully saturated rings. The molecule has 0 aliphatic rings. The van der Waals surface area contributed by atoms with Gasteiger partial charge in [-0.3, -0.25) is 0 Å². The quantitative estimate of drug-likeness (QED) is 0.921. The topological polar surface area (TPSA) is 85.1 Å². The van der Waals surface area contributed by atoms with Crippen LogP contribution in [0, 0.1) is 13.8 Å². The number of aryl methyl sites for hydroxylation is 2. The van der Waals surface area contributed by atoms with Crippen LogP contribution in [0.2, 0.25) is 0 Å². The van der Waals surface area contributed by atoms with Crippen LogP contribution in [-0.2, 0) is 10.0 Å². The second-order valence-electron chi connectivity index (χ2n) is 4.10. The van der Waals surface area contributed by atoms with Crippen LogP contribution in [0.3, 0.4) is 0 Å². The summed E-state index contributed by atoms with van der Waals surface area (Å²) in [5.74, 6) is 0.350. The van der Waals surface area contributed by atoms with Gasteiger partial charge in [0.2, 0.25) is 5.09 Å². The van der Waals surface area contributed by atoms with Crippen LogP contribution in [0.4, 0.5) is 0 Å². The van der Waals surface area contributed by atoms with Crippen molar-refractivity contribution in [3.8, 4) is 11.4 Å². The lowest BCUT2D eigenvalue weighted by Crippen LogP contribution is -2.23. The number of nitrogens with zero attached hydrogens (tertiary/aromatic N) is 2. The van der Waals surface area contributed by atoms with Crippen molar-refractivity contribution in [3.63, 3.8) is 0 Å². The van der Waals surface area contributed by atoms with E-state index >= 15 is 0 Å². The summed E-state index contributed by atoms with van der Waals surface area (Å²) in [5, 5.41) is -0.153. The highest BCUT2D eigenvalue weighted by Crippen LogP contribution is 2.26. The lowest BCUT2D eigenvalue weighted by Gasteiger charge is -2.05. The monoisotopic (exact) mass is 281 g/mol.